The molecule has 0 unspecified atom stereocenters. The topological polar surface area (TPSA) is 46.0 Å². The molecule has 1 aliphatic rings. The molecular formula is C28H24ClN3O. The van der Waals surface area contributed by atoms with Crippen molar-refractivity contribution in [3.05, 3.63) is 107 Å². The van der Waals surface area contributed by atoms with E-state index in [1.165, 1.54) is 0 Å². The van der Waals surface area contributed by atoms with E-state index in [1.54, 1.807) is 0 Å². The summed E-state index contributed by atoms with van der Waals surface area (Å²) in [6.45, 7) is 2.89. The standard InChI is InChI=1S/C28H24ClN3O/c1-2-3-18-33-23-15-10-20(11-16-23)26-25-17-12-19-6-4-5-7-24(19)27(25)30-28(32-31-26)21-8-13-22(29)14-9-21/h4-17H,2-3,18H2,1H3,(H,30,32). The van der Waals surface area contributed by atoms with Gasteiger partial charge in [0.15, 0.2) is 5.84 Å². The summed E-state index contributed by atoms with van der Waals surface area (Å²) < 4.78 is 5.84. The lowest BCUT2D eigenvalue weighted by Crippen LogP contribution is -2.19. The summed E-state index contributed by atoms with van der Waals surface area (Å²) in [5, 5.41) is 7.69. The van der Waals surface area contributed by atoms with E-state index in [0.29, 0.717) is 10.9 Å². The van der Waals surface area contributed by atoms with E-state index in [1.807, 2.05) is 60.7 Å². The van der Waals surface area contributed by atoms with Gasteiger partial charge in [-0.1, -0.05) is 55.3 Å². The molecule has 1 heterocycles. The minimum atomic E-state index is 0.679. The van der Waals surface area contributed by atoms with Crippen LogP contribution in [0.15, 0.2) is 95.0 Å². The Morgan fingerprint density at radius 1 is 0.848 bits per heavy atom. The van der Waals surface area contributed by atoms with Crippen LogP contribution in [0.4, 0.5) is 5.69 Å². The highest BCUT2D eigenvalue weighted by atomic mass is 35.5. The zero-order chi connectivity index (χ0) is 22.6. The minimum absolute atomic E-state index is 0.679. The van der Waals surface area contributed by atoms with Gasteiger partial charge in [-0.05, 0) is 66.4 Å². The molecule has 0 aromatic heterocycles. The van der Waals surface area contributed by atoms with E-state index in [4.69, 9.17) is 26.4 Å². The fraction of sp³-hybridized carbons (Fsp3) is 0.143. The maximum Gasteiger partial charge on any atom is 0.154 e. The lowest BCUT2D eigenvalue weighted by atomic mass is 9.97. The molecule has 0 atom stereocenters. The van der Waals surface area contributed by atoms with Gasteiger partial charge in [0.1, 0.15) is 11.5 Å². The van der Waals surface area contributed by atoms with Crippen LogP contribution in [-0.4, -0.2) is 18.2 Å². The Balaban J connectivity index is 1.60. The minimum Gasteiger partial charge on any atom is -0.494 e. The molecule has 0 saturated carbocycles. The van der Waals surface area contributed by atoms with Gasteiger partial charge in [-0.25, -0.2) is 4.99 Å². The monoisotopic (exact) mass is 453 g/mol. The number of halogens is 1. The molecule has 0 fully saturated rings. The second kappa shape index (κ2) is 9.47. The molecule has 5 heteroatoms. The molecule has 33 heavy (non-hydrogen) atoms. The third kappa shape index (κ3) is 4.48. The molecule has 0 amide bonds. The number of fused-ring (bicyclic) bond motifs is 3. The molecule has 0 radical (unpaired) electrons. The van der Waals surface area contributed by atoms with Gasteiger partial charge in [0.05, 0.1) is 12.3 Å². The first-order chi connectivity index (χ1) is 16.2. The molecule has 4 aromatic carbocycles. The number of ether oxygens (including phenoxy) is 1. The predicted molar refractivity (Wildman–Crippen MR) is 137 cm³/mol. The average molecular weight is 454 g/mol. The smallest absolute Gasteiger partial charge is 0.154 e. The van der Waals surface area contributed by atoms with Gasteiger partial charge >= 0.3 is 0 Å². The normalized spacial score (nSPS) is 12.9. The van der Waals surface area contributed by atoms with Crippen molar-refractivity contribution in [3.63, 3.8) is 0 Å². The number of unbranched alkanes of at least 4 members (excludes halogenated alkanes) is 1. The van der Waals surface area contributed by atoms with Crippen LogP contribution >= 0.6 is 11.6 Å². The van der Waals surface area contributed by atoms with Gasteiger partial charge < -0.3 is 4.74 Å². The number of benzene rings is 4. The third-order valence-corrected chi connectivity index (χ3v) is 5.92. The van der Waals surface area contributed by atoms with Crippen molar-refractivity contribution in [1.82, 2.24) is 5.43 Å². The van der Waals surface area contributed by atoms with Crippen molar-refractivity contribution in [2.75, 3.05) is 6.61 Å². The Bertz CT molecular complexity index is 1340. The van der Waals surface area contributed by atoms with Gasteiger partial charge in [-0.3, -0.25) is 5.43 Å². The third-order valence-electron chi connectivity index (χ3n) is 5.66. The van der Waals surface area contributed by atoms with Crippen LogP contribution in [0.2, 0.25) is 5.02 Å². The average Bonchev–Trinajstić information content (AvgIpc) is 3.05. The Labute approximate surface area is 198 Å². The number of hydrogen-bond donors (Lipinski definition) is 1. The number of amidine groups is 1. The fourth-order valence-corrected chi connectivity index (χ4v) is 4.00. The summed E-state index contributed by atoms with van der Waals surface area (Å²) in [7, 11) is 0. The first-order valence-corrected chi connectivity index (χ1v) is 11.5. The van der Waals surface area contributed by atoms with Crippen LogP contribution in [0.1, 0.15) is 36.5 Å². The molecule has 0 spiro atoms. The number of hydrazone groups is 1. The van der Waals surface area contributed by atoms with E-state index in [-0.39, 0.29) is 0 Å². The number of hydrogen-bond acceptors (Lipinski definition) is 4. The summed E-state index contributed by atoms with van der Waals surface area (Å²) in [6, 6.07) is 28.2. The summed E-state index contributed by atoms with van der Waals surface area (Å²) in [4.78, 5) is 5.03. The molecular weight excluding hydrogens is 430 g/mol. The Hall–Kier alpha value is -3.63. The summed E-state index contributed by atoms with van der Waals surface area (Å²) >= 11 is 6.10. The first-order valence-electron chi connectivity index (χ1n) is 11.2. The highest BCUT2D eigenvalue weighted by Crippen LogP contribution is 2.34. The van der Waals surface area contributed by atoms with Crippen LogP contribution in [-0.2, 0) is 0 Å². The molecule has 0 bridgehead atoms. The quantitative estimate of drug-likeness (QED) is 0.316. The lowest BCUT2D eigenvalue weighted by Gasteiger charge is -2.11. The molecule has 0 saturated heterocycles. The second-order valence-corrected chi connectivity index (χ2v) is 8.39. The zero-order valence-corrected chi connectivity index (χ0v) is 19.1. The molecule has 4 aromatic rings. The van der Waals surface area contributed by atoms with Crippen LogP contribution in [0.5, 0.6) is 5.75 Å². The van der Waals surface area contributed by atoms with Gasteiger partial charge in [0, 0.05) is 27.1 Å². The van der Waals surface area contributed by atoms with Crippen molar-refractivity contribution in [2.45, 2.75) is 19.8 Å². The van der Waals surface area contributed by atoms with Gasteiger partial charge in [0.25, 0.3) is 0 Å². The summed E-state index contributed by atoms with van der Waals surface area (Å²) in [5.74, 6) is 1.55. The van der Waals surface area contributed by atoms with E-state index in [0.717, 1.165) is 64.1 Å². The fourth-order valence-electron chi connectivity index (χ4n) is 3.87. The number of nitrogens with zero attached hydrogens (tertiary/aromatic N) is 2. The van der Waals surface area contributed by atoms with Crippen LogP contribution in [0.3, 0.4) is 0 Å². The van der Waals surface area contributed by atoms with Crippen molar-refractivity contribution < 1.29 is 4.74 Å². The van der Waals surface area contributed by atoms with E-state index in [2.05, 4.69) is 36.6 Å². The van der Waals surface area contributed by atoms with Crippen LogP contribution < -0.4 is 10.2 Å². The van der Waals surface area contributed by atoms with Gasteiger partial charge in [0.2, 0.25) is 0 Å². The number of aliphatic imine (C=N–C) groups is 1. The Morgan fingerprint density at radius 3 is 2.39 bits per heavy atom. The van der Waals surface area contributed by atoms with Crippen molar-refractivity contribution in [3.8, 4) is 5.75 Å². The molecule has 1 aliphatic heterocycles. The second-order valence-electron chi connectivity index (χ2n) is 7.95. The van der Waals surface area contributed by atoms with Crippen LogP contribution in [0.25, 0.3) is 10.8 Å². The van der Waals surface area contributed by atoms with E-state index >= 15 is 0 Å². The Morgan fingerprint density at radius 2 is 1.61 bits per heavy atom. The van der Waals surface area contributed by atoms with Crippen LogP contribution in [0, 0.1) is 0 Å². The van der Waals surface area contributed by atoms with Crippen molar-refractivity contribution in [2.24, 2.45) is 10.1 Å². The predicted octanol–water partition coefficient (Wildman–Crippen LogP) is 7.11. The zero-order valence-electron chi connectivity index (χ0n) is 18.4. The molecule has 4 nitrogen and oxygen atoms in total. The molecule has 164 valence electrons. The van der Waals surface area contributed by atoms with Gasteiger partial charge in [-0.2, -0.15) is 5.10 Å². The maximum atomic E-state index is 6.10. The van der Waals surface area contributed by atoms with Crippen molar-refractivity contribution >= 4 is 39.6 Å². The van der Waals surface area contributed by atoms with Gasteiger partial charge in [-0.15, -0.1) is 0 Å². The summed E-state index contributed by atoms with van der Waals surface area (Å²) in [5.41, 5.74) is 7.82. The highest BCUT2D eigenvalue weighted by molar-refractivity contribution is 6.30. The van der Waals surface area contributed by atoms with E-state index < -0.39 is 0 Å². The Kier molecular flexibility index (Phi) is 6.09. The number of nitrogens with one attached hydrogen (secondary N) is 1. The largest absolute Gasteiger partial charge is 0.494 e. The van der Waals surface area contributed by atoms with E-state index in [9.17, 15) is 0 Å². The highest BCUT2D eigenvalue weighted by Gasteiger charge is 2.19. The first kappa shape index (κ1) is 21.2. The van der Waals surface area contributed by atoms with Crippen molar-refractivity contribution in [1.29, 1.82) is 0 Å². The maximum absolute atomic E-state index is 6.10. The molecule has 5 rings (SSSR count). The molecule has 1 N–H and O–H groups in total. The SMILES string of the molecule is CCCCOc1ccc(C2=NNC(c3ccc(Cl)cc3)=Nc3c2ccc2ccccc32)cc1. The number of rotatable bonds is 6. The molecule has 0 aliphatic carbocycles. The lowest BCUT2D eigenvalue weighted by molar-refractivity contribution is 0.309. The summed E-state index contributed by atoms with van der Waals surface area (Å²) in [6.07, 6.45) is 2.16.